The van der Waals surface area contributed by atoms with Crippen LogP contribution in [-0.2, 0) is 6.42 Å². The number of hydrogen-bond acceptors (Lipinski definition) is 8. The highest BCUT2D eigenvalue weighted by molar-refractivity contribution is 6.00. The molecule has 0 atom stereocenters. The average molecular weight is 514 g/mol. The van der Waals surface area contributed by atoms with Crippen LogP contribution in [0.2, 0.25) is 0 Å². The summed E-state index contributed by atoms with van der Waals surface area (Å²) in [7, 11) is 0. The van der Waals surface area contributed by atoms with Gasteiger partial charge in [0.25, 0.3) is 11.8 Å². The topological polar surface area (TPSA) is 135 Å². The van der Waals surface area contributed by atoms with Gasteiger partial charge in [0.2, 0.25) is 5.82 Å². The van der Waals surface area contributed by atoms with Crippen LogP contribution in [-0.4, -0.2) is 67.7 Å². The summed E-state index contributed by atoms with van der Waals surface area (Å²) in [5.41, 5.74) is 2.40. The normalized spacial score (nSPS) is 16.2. The van der Waals surface area contributed by atoms with Crippen LogP contribution in [0.5, 0.6) is 11.5 Å². The van der Waals surface area contributed by atoms with Crippen molar-refractivity contribution in [3.63, 3.8) is 0 Å². The molecule has 0 bridgehead atoms. The fourth-order valence-electron chi connectivity index (χ4n) is 5.14. The summed E-state index contributed by atoms with van der Waals surface area (Å²) in [6, 6.07) is 12.9. The van der Waals surface area contributed by atoms with E-state index < -0.39 is 5.72 Å². The third-order valence-electron chi connectivity index (χ3n) is 7.12. The fourth-order valence-corrected chi connectivity index (χ4v) is 5.14. The Labute approximate surface area is 218 Å². The number of H-pyrrole nitrogens is 1. The van der Waals surface area contributed by atoms with Gasteiger partial charge in [-0.3, -0.25) is 9.59 Å². The van der Waals surface area contributed by atoms with E-state index >= 15 is 0 Å². The van der Waals surface area contributed by atoms with Crippen molar-refractivity contribution in [3.05, 3.63) is 59.3 Å². The summed E-state index contributed by atoms with van der Waals surface area (Å²) in [4.78, 5) is 33.1. The van der Waals surface area contributed by atoms with Gasteiger partial charge in [0.15, 0.2) is 5.72 Å². The number of para-hydroxylation sites is 1. The Hall–Kier alpha value is -4.54. The van der Waals surface area contributed by atoms with Crippen molar-refractivity contribution >= 4 is 22.7 Å². The lowest BCUT2D eigenvalue weighted by Crippen LogP contribution is -2.61. The maximum Gasteiger partial charge on any atom is 0.272 e. The Balaban J connectivity index is 1.21. The highest BCUT2D eigenvalue weighted by atomic mass is 16.5. The van der Waals surface area contributed by atoms with E-state index in [9.17, 15) is 9.59 Å². The molecule has 38 heavy (non-hydrogen) atoms. The molecule has 11 nitrogen and oxygen atoms in total. The van der Waals surface area contributed by atoms with E-state index in [4.69, 9.17) is 14.5 Å². The first-order chi connectivity index (χ1) is 18.5. The van der Waals surface area contributed by atoms with Gasteiger partial charge in [-0.05, 0) is 48.4 Å². The van der Waals surface area contributed by atoms with Gasteiger partial charge in [-0.2, -0.15) is 5.21 Å². The van der Waals surface area contributed by atoms with Crippen LogP contribution < -0.4 is 14.8 Å². The number of nitrogens with zero attached hydrogens (tertiary/aromatic N) is 5. The first kappa shape index (κ1) is 23.8. The van der Waals surface area contributed by atoms with E-state index in [1.807, 2.05) is 25.1 Å². The molecule has 2 aliphatic heterocycles. The molecule has 11 heteroatoms. The van der Waals surface area contributed by atoms with Gasteiger partial charge in [0.05, 0.1) is 17.7 Å². The van der Waals surface area contributed by atoms with Gasteiger partial charge < -0.3 is 19.7 Å². The minimum atomic E-state index is -0.878. The summed E-state index contributed by atoms with van der Waals surface area (Å²) in [5.74, 6) is 1.14. The number of carbonyl (C=O) groups excluding carboxylic acids is 2. The second-order valence-corrected chi connectivity index (χ2v) is 9.39. The highest BCUT2D eigenvalue weighted by Gasteiger charge is 2.43. The maximum absolute atomic E-state index is 13.5. The van der Waals surface area contributed by atoms with Gasteiger partial charge in [-0.25, -0.2) is 4.98 Å². The molecule has 2 aromatic heterocycles. The lowest BCUT2D eigenvalue weighted by atomic mass is 9.96. The van der Waals surface area contributed by atoms with E-state index in [1.165, 1.54) is 0 Å². The van der Waals surface area contributed by atoms with E-state index in [1.54, 1.807) is 29.2 Å². The lowest BCUT2D eigenvalue weighted by Gasteiger charge is -2.44. The van der Waals surface area contributed by atoms with Crippen molar-refractivity contribution in [1.29, 1.82) is 0 Å². The molecular weight excluding hydrogens is 486 g/mol. The van der Waals surface area contributed by atoms with E-state index in [0.29, 0.717) is 66.7 Å². The first-order valence-corrected chi connectivity index (χ1v) is 12.7. The zero-order valence-electron chi connectivity index (χ0n) is 21.2. The predicted molar refractivity (Wildman–Crippen MR) is 138 cm³/mol. The lowest BCUT2D eigenvalue weighted by molar-refractivity contribution is -0.0246. The number of amides is 2. The number of aromatic amines is 1. The number of benzene rings is 2. The van der Waals surface area contributed by atoms with Crippen LogP contribution in [0.1, 0.15) is 53.1 Å². The smallest absolute Gasteiger partial charge is 0.272 e. The molecule has 6 rings (SSSR count). The summed E-state index contributed by atoms with van der Waals surface area (Å²) < 4.78 is 12.2. The molecule has 0 aliphatic carbocycles. The van der Waals surface area contributed by atoms with Crippen molar-refractivity contribution in [2.75, 3.05) is 19.7 Å². The summed E-state index contributed by atoms with van der Waals surface area (Å²) in [5, 5.41) is 17.8. The van der Waals surface area contributed by atoms with Crippen LogP contribution in [0.25, 0.3) is 22.3 Å². The number of aromatic nitrogens is 5. The molecule has 4 heterocycles. The van der Waals surface area contributed by atoms with Crippen LogP contribution in [0, 0.1) is 0 Å². The fraction of sp³-hybridized carbons (Fsp3) is 0.333. The summed E-state index contributed by atoms with van der Waals surface area (Å²) in [6.07, 6.45) is 1.69. The molecule has 0 saturated carbocycles. The molecule has 0 unspecified atom stereocenters. The van der Waals surface area contributed by atoms with Crippen molar-refractivity contribution < 1.29 is 19.1 Å². The molecule has 2 aromatic carbocycles. The first-order valence-electron chi connectivity index (χ1n) is 12.7. The van der Waals surface area contributed by atoms with Gasteiger partial charge in [-0.15, -0.1) is 10.2 Å². The summed E-state index contributed by atoms with van der Waals surface area (Å²) in [6.45, 7) is 5.30. The Morgan fingerprint density at radius 3 is 2.74 bits per heavy atom. The second-order valence-electron chi connectivity index (χ2n) is 9.39. The Kier molecular flexibility index (Phi) is 5.90. The SMILES string of the molecule is CCOc1cc(C(=O)N2CCC3(CC2)NC(=O)c2cc(-c4nn[nH]n4)ccc2O3)nc2c(CC)cccc12. The number of rotatable bonds is 5. The molecule has 0 radical (unpaired) electrons. The Morgan fingerprint density at radius 1 is 1.16 bits per heavy atom. The Bertz CT molecular complexity index is 1530. The quantitative estimate of drug-likeness (QED) is 0.416. The Morgan fingerprint density at radius 2 is 2.00 bits per heavy atom. The van der Waals surface area contributed by atoms with Crippen LogP contribution in [0.15, 0.2) is 42.5 Å². The number of tetrazole rings is 1. The molecular formula is C27H27N7O4. The van der Waals surface area contributed by atoms with Crippen LogP contribution in [0.3, 0.4) is 0 Å². The van der Waals surface area contributed by atoms with Gasteiger partial charge in [0, 0.05) is 42.9 Å². The minimum Gasteiger partial charge on any atom is -0.493 e. The third-order valence-corrected chi connectivity index (χ3v) is 7.12. The molecule has 2 N–H and O–H groups in total. The number of ether oxygens (including phenoxy) is 2. The largest absolute Gasteiger partial charge is 0.493 e. The molecule has 4 aromatic rings. The van der Waals surface area contributed by atoms with Gasteiger partial charge >= 0.3 is 0 Å². The number of piperidine rings is 1. The molecule has 1 spiro atoms. The number of nitrogens with one attached hydrogen (secondary N) is 2. The van der Waals surface area contributed by atoms with Crippen LogP contribution >= 0.6 is 0 Å². The molecule has 1 saturated heterocycles. The van der Waals surface area contributed by atoms with E-state index in [2.05, 4.69) is 32.9 Å². The second kappa shape index (κ2) is 9.40. The number of hydrogen-bond donors (Lipinski definition) is 2. The maximum atomic E-state index is 13.5. The third kappa shape index (κ3) is 4.09. The molecule has 194 valence electrons. The van der Waals surface area contributed by atoms with Crippen LogP contribution in [0.4, 0.5) is 0 Å². The number of carbonyl (C=O) groups is 2. The van der Waals surface area contributed by atoms with Crippen molar-refractivity contribution in [3.8, 4) is 22.9 Å². The highest BCUT2D eigenvalue weighted by Crippen LogP contribution is 2.36. The monoisotopic (exact) mass is 513 g/mol. The number of fused-ring (bicyclic) bond motifs is 2. The van der Waals surface area contributed by atoms with Crippen molar-refractivity contribution in [2.24, 2.45) is 0 Å². The summed E-state index contributed by atoms with van der Waals surface area (Å²) >= 11 is 0. The van der Waals surface area contributed by atoms with Gasteiger partial charge in [0.1, 0.15) is 17.2 Å². The zero-order chi connectivity index (χ0) is 26.3. The van der Waals surface area contributed by atoms with E-state index in [-0.39, 0.29) is 11.8 Å². The predicted octanol–water partition coefficient (Wildman–Crippen LogP) is 3.13. The minimum absolute atomic E-state index is 0.166. The number of aryl methyl sites for hydroxylation is 1. The molecule has 2 amide bonds. The van der Waals surface area contributed by atoms with E-state index in [0.717, 1.165) is 22.9 Å². The van der Waals surface area contributed by atoms with Gasteiger partial charge in [-0.1, -0.05) is 19.1 Å². The number of pyridine rings is 1. The van der Waals surface area contributed by atoms with Crippen molar-refractivity contribution in [2.45, 2.75) is 38.8 Å². The molecule has 2 aliphatic rings. The standard InChI is InChI=1S/C27H27N7O4/c1-3-16-6-5-7-18-22(37-4-2)15-20(28-23(16)18)26(36)34-12-10-27(11-13-34)29-25(35)19-14-17(8-9-21(19)38-27)24-30-32-33-31-24/h5-9,14-15H,3-4,10-13H2,1-2H3,(H,29,35)(H,30,31,32,33). The van der Waals surface area contributed by atoms with Crippen molar-refractivity contribution in [1.82, 2.24) is 35.8 Å². The number of likely N-dealkylation sites (tertiary alicyclic amines) is 1. The molecule has 1 fully saturated rings. The zero-order valence-corrected chi connectivity index (χ0v) is 21.2. The average Bonchev–Trinajstić information content (AvgIpc) is 3.48.